The fraction of sp³-hybridized carbons (Fsp3) is 0.545. The van der Waals surface area contributed by atoms with Crippen molar-refractivity contribution in [3.63, 3.8) is 0 Å². The van der Waals surface area contributed by atoms with Crippen LogP contribution in [0.1, 0.15) is 24.6 Å². The lowest BCUT2D eigenvalue weighted by molar-refractivity contribution is 0.420. The summed E-state index contributed by atoms with van der Waals surface area (Å²) >= 11 is 1.37. The molecule has 0 bridgehead atoms. The van der Waals surface area contributed by atoms with Crippen molar-refractivity contribution in [1.82, 2.24) is 0 Å². The lowest BCUT2D eigenvalue weighted by Crippen LogP contribution is -2.04. The Morgan fingerprint density at radius 1 is 1.69 bits per heavy atom. The molecule has 0 aliphatic heterocycles. The summed E-state index contributed by atoms with van der Waals surface area (Å²) in [5, 5.41) is 13.2. The first-order valence-corrected chi connectivity index (χ1v) is 6.15. The zero-order valence-electron chi connectivity index (χ0n) is 9.41. The predicted octanol–water partition coefficient (Wildman–Crippen LogP) is 2.42. The molecule has 2 atom stereocenters. The van der Waals surface area contributed by atoms with E-state index >= 15 is 0 Å². The van der Waals surface area contributed by atoms with E-state index in [0.29, 0.717) is 22.4 Å². The summed E-state index contributed by atoms with van der Waals surface area (Å²) < 4.78 is 5.23. The molecule has 0 amide bonds. The summed E-state index contributed by atoms with van der Waals surface area (Å²) in [4.78, 5) is 0.521. The molecule has 1 fully saturated rings. The number of hydrogen-bond donors (Lipinski definition) is 2. The maximum Gasteiger partial charge on any atom is 0.177 e. The highest BCUT2D eigenvalue weighted by Crippen LogP contribution is 2.45. The Hall–Kier alpha value is -1.41. The Morgan fingerprint density at radius 2 is 2.44 bits per heavy atom. The molecule has 16 heavy (non-hydrogen) atoms. The van der Waals surface area contributed by atoms with Crippen LogP contribution >= 0.6 is 11.3 Å². The van der Waals surface area contributed by atoms with Gasteiger partial charge in [-0.15, -0.1) is 11.3 Å². The van der Waals surface area contributed by atoms with Crippen LogP contribution in [-0.4, -0.2) is 13.2 Å². The van der Waals surface area contributed by atoms with E-state index in [0.717, 1.165) is 10.9 Å². The second kappa shape index (κ2) is 4.22. The van der Waals surface area contributed by atoms with Crippen molar-refractivity contribution in [2.45, 2.75) is 25.8 Å². The van der Waals surface area contributed by atoms with Crippen LogP contribution in [0.4, 0.5) is 10.7 Å². The quantitative estimate of drug-likeness (QED) is 0.843. The van der Waals surface area contributed by atoms with Gasteiger partial charge in [0.1, 0.15) is 21.6 Å². The van der Waals surface area contributed by atoms with Crippen molar-refractivity contribution >= 4 is 22.0 Å². The van der Waals surface area contributed by atoms with Crippen molar-refractivity contribution in [3.8, 4) is 11.8 Å². The average Bonchev–Trinajstić information content (AvgIpc) is 2.96. The maximum absolute atomic E-state index is 8.90. The van der Waals surface area contributed by atoms with E-state index in [9.17, 15) is 0 Å². The minimum Gasteiger partial charge on any atom is -0.492 e. The van der Waals surface area contributed by atoms with Crippen LogP contribution in [0.2, 0.25) is 0 Å². The first kappa shape index (κ1) is 11.1. The minimum absolute atomic E-state index is 0.450. The predicted molar refractivity (Wildman–Crippen MR) is 65.8 cm³/mol. The first-order chi connectivity index (χ1) is 7.71. The number of nitriles is 1. The van der Waals surface area contributed by atoms with Gasteiger partial charge in [0.2, 0.25) is 0 Å². The van der Waals surface area contributed by atoms with E-state index in [1.807, 2.05) is 0 Å². The summed E-state index contributed by atoms with van der Waals surface area (Å²) in [6.07, 6.45) is 2.38. The number of hydrogen-bond acceptors (Lipinski definition) is 5. The molecule has 0 aromatic carbocycles. The number of nitrogens with one attached hydrogen (secondary N) is 1. The highest BCUT2D eigenvalue weighted by molar-refractivity contribution is 7.17. The first-order valence-electron chi connectivity index (χ1n) is 5.34. The molecule has 1 saturated carbocycles. The Labute approximate surface area is 99.0 Å². The van der Waals surface area contributed by atoms with Crippen LogP contribution in [0.15, 0.2) is 0 Å². The molecule has 0 saturated heterocycles. The van der Waals surface area contributed by atoms with E-state index in [4.69, 9.17) is 15.7 Å². The third-order valence-corrected chi connectivity index (χ3v) is 3.99. The lowest BCUT2D eigenvalue weighted by atomic mass is 10.3. The molecule has 1 aromatic heterocycles. The molecular weight excluding hydrogens is 222 g/mol. The van der Waals surface area contributed by atoms with E-state index in [1.165, 1.54) is 24.2 Å². The van der Waals surface area contributed by atoms with Crippen LogP contribution in [0.3, 0.4) is 0 Å². The molecule has 1 aliphatic rings. The van der Waals surface area contributed by atoms with Gasteiger partial charge in [0.15, 0.2) is 5.75 Å². The summed E-state index contributed by atoms with van der Waals surface area (Å²) in [6.45, 7) is 2.19. The molecule has 0 spiro atoms. The number of ether oxygens (including phenoxy) is 1. The van der Waals surface area contributed by atoms with Gasteiger partial charge < -0.3 is 15.8 Å². The van der Waals surface area contributed by atoms with Crippen molar-refractivity contribution in [2.24, 2.45) is 5.92 Å². The fourth-order valence-corrected chi connectivity index (χ4v) is 2.80. The molecule has 2 rings (SSSR count). The fourth-order valence-electron chi connectivity index (χ4n) is 1.85. The smallest absolute Gasteiger partial charge is 0.177 e. The number of methoxy groups -OCH3 is 1. The third-order valence-electron chi connectivity index (χ3n) is 2.97. The van der Waals surface area contributed by atoms with Crippen LogP contribution in [0.25, 0.3) is 0 Å². The Balaban J connectivity index is 2.18. The highest BCUT2D eigenvalue weighted by atomic mass is 32.1. The van der Waals surface area contributed by atoms with E-state index < -0.39 is 0 Å². The minimum atomic E-state index is 0.450. The Kier molecular flexibility index (Phi) is 2.92. The van der Waals surface area contributed by atoms with Gasteiger partial charge in [-0.1, -0.05) is 13.3 Å². The topological polar surface area (TPSA) is 71.1 Å². The summed E-state index contributed by atoms with van der Waals surface area (Å²) in [5.74, 6) is 1.36. The molecule has 2 unspecified atom stereocenters. The molecule has 5 heteroatoms. The van der Waals surface area contributed by atoms with E-state index in [2.05, 4.69) is 18.3 Å². The van der Waals surface area contributed by atoms with Gasteiger partial charge in [-0.3, -0.25) is 0 Å². The van der Waals surface area contributed by atoms with E-state index in [-0.39, 0.29) is 0 Å². The second-order valence-corrected chi connectivity index (χ2v) is 4.99. The van der Waals surface area contributed by atoms with Crippen LogP contribution < -0.4 is 15.8 Å². The van der Waals surface area contributed by atoms with E-state index in [1.54, 1.807) is 7.11 Å². The summed E-state index contributed by atoms with van der Waals surface area (Å²) in [6, 6.07) is 2.60. The van der Waals surface area contributed by atoms with Crippen LogP contribution in [0.5, 0.6) is 5.75 Å². The largest absolute Gasteiger partial charge is 0.492 e. The van der Waals surface area contributed by atoms with Gasteiger partial charge in [0, 0.05) is 6.04 Å². The molecule has 86 valence electrons. The Morgan fingerprint density at radius 3 is 2.94 bits per heavy atom. The monoisotopic (exact) mass is 237 g/mol. The third kappa shape index (κ3) is 1.81. The van der Waals surface area contributed by atoms with Gasteiger partial charge in [-0.2, -0.15) is 5.26 Å². The van der Waals surface area contributed by atoms with Gasteiger partial charge in [-0.05, 0) is 12.3 Å². The van der Waals surface area contributed by atoms with Crippen molar-refractivity contribution in [1.29, 1.82) is 5.26 Å². The maximum atomic E-state index is 8.90. The van der Waals surface area contributed by atoms with Crippen LogP contribution in [0, 0.1) is 17.2 Å². The van der Waals surface area contributed by atoms with Gasteiger partial charge in [0.25, 0.3) is 0 Å². The van der Waals surface area contributed by atoms with Gasteiger partial charge >= 0.3 is 0 Å². The normalized spacial score (nSPS) is 22.6. The summed E-state index contributed by atoms with van der Waals surface area (Å²) in [7, 11) is 1.58. The standard InChI is InChI=1S/C11H15N3OS/c1-3-6-4-7(6)14-11-10(15-2)9(13)8(5-12)16-11/h6-7,14H,3-4,13H2,1-2H3. The number of nitrogens with zero attached hydrogens (tertiary/aromatic N) is 1. The number of nitrogens with two attached hydrogens (primary N) is 1. The molecule has 4 nitrogen and oxygen atoms in total. The zero-order valence-corrected chi connectivity index (χ0v) is 10.2. The number of thiophene rings is 1. The number of nitrogen functional groups attached to an aromatic ring is 1. The SMILES string of the molecule is CCC1CC1Nc1sc(C#N)c(N)c1OC. The average molecular weight is 237 g/mol. The van der Waals surface area contributed by atoms with Crippen molar-refractivity contribution < 1.29 is 4.74 Å². The number of rotatable bonds is 4. The molecule has 1 heterocycles. The molecule has 1 aromatic rings. The Bertz CT molecular complexity index is 435. The zero-order chi connectivity index (χ0) is 11.7. The summed E-state index contributed by atoms with van der Waals surface area (Å²) in [5.41, 5.74) is 6.26. The number of anilines is 2. The van der Waals surface area contributed by atoms with Gasteiger partial charge in [-0.25, -0.2) is 0 Å². The second-order valence-electron chi connectivity index (χ2n) is 3.97. The highest BCUT2D eigenvalue weighted by Gasteiger charge is 2.36. The molecule has 3 N–H and O–H groups in total. The molecule has 0 radical (unpaired) electrons. The molecule has 1 aliphatic carbocycles. The lowest BCUT2D eigenvalue weighted by Gasteiger charge is -2.05. The van der Waals surface area contributed by atoms with Gasteiger partial charge in [0.05, 0.1) is 7.11 Å². The van der Waals surface area contributed by atoms with Crippen molar-refractivity contribution in [2.75, 3.05) is 18.2 Å². The van der Waals surface area contributed by atoms with Crippen LogP contribution in [-0.2, 0) is 0 Å². The van der Waals surface area contributed by atoms with Crippen molar-refractivity contribution in [3.05, 3.63) is 4.88 Å². The molecular formula is C11H15N3OS.